The van der Waals surface area contributed by atoms with Crippen LogP contribution in [0.5, 0.6) is 0 Å². The van der Waals surface area contributed by atoms with Crippen LogP contribution in [0.15, 0.2) is 48.8 Å². The van der Waals surface area contributed by atoms with Gasteiger partial charge in [-0.05, 0) is 61.7 Å². The molecule has 1 aliphatic rings. The lowest BCUT2D eigenvalue weighted by molar-refractivity contribution is 0.0975. The predicted molar refractivity (Wildman–Crippen MR) is 90.5 cm³/mol. The van der Waals surface area contributed by atoms with Crippen molar-refractivity contribution in [3.63, 3.8) is 0 Å². The third-order valence-electron chi connectivity index (χ3n) is 4.51. The van der Waals surface area contributed by atoms with Crippen molar-refractivity contribution >= 4 is 22.6 Å². The first-order chi connectivity index (χ1) is 11.6. The smallest absolute Gasteiger partial charge is 0.258 e. The van der Waals surface area contributed by atoms with E-state index in [9.17, 15) is 9.18 Å². The minimum Gasteiger partial charge on any atom is -0.305 e. The summed E-state index contributed by atoms with van der Waals surface area (Å²) in [5, 5.41) is 0. The molecule has 0 N–H and O–H groups in total. The highest BCUT2D eigenvalue weighted by Crippen LogP contribution is 2.32. The summed E-state index contributed by atoms with van der Waals surface area (Å²) in [6.07, 6.45) is 4.83. The lowest BCUT2D eigenvalue weighted by Crippen LogP contribution is -2.42. The molecule has 5 heteroatoms. The second-order valence-corrected chi connectivity index (χ2v) is 6.10. The zero-order valence-corrected chi connectivity index (χ0v) is 13.2. The average molecular weight is 321 g/mol. The maximum atomic E-state index is 13.5. The molecule has 0 unspecified atom stereocenters. The van der Waals surface area contributed by atoms with Crippen LogP contribution < -0.4 is 4.90 Å². The molecule has 0 fully saturated rings. The SMILES string of the molecule is C[C@@H]1CCc2cc(F)ccc2N1C(=O)c1ccc2nccnc2c1. The summed E-state index contributed by atoms with van der Waals surface area (Å²) in [6, 6.07) is 10.0. The van der Waals surface area contributed by atoms with E-state index in [-0.39, 0.29) is 17.8 Å². The van der Waals surface area contributed by atoms with Crippen molar-refractivity contribution < 1.29 is 9.18 Å². The van der Waals surface area contributed by atoms with Gasteiger partial charge in [0, 0.05) is 29.7 Å². The van der Waals surface area contributed by atoms with Gasteiger partial charge in [0.1, 0.15) is 5.82 Å². The van der Waals surface area contributed by atoms with Crippen LogP contribution in [0, 0.1) is 5.82 Å². The fraction of sp³-hybridized carbons (Fsp3) is 0.211. The van der Waals surface area contributed by atoms with Crippen LogP contribution >= 0.6 is 0 Å². The zero-order chi connectivity index (χ0) is 16.7. The van der Waals surface area contributed by atoms with Gasteiger partial charge in [-0.2, -0.15) is 0 Å². The molecule has 24 heavy (non-hydrogen) atoms. The number of benzene rings is 2. The normalized spacial score (nSPS) is 16.9. The fourth-order valence-electron chi connectivity index (χ4n) is 3.27. The number of halogens is 1. The summed E-state index contributed by atoms with van der Waals surface area (Å²) in [4.78, 5) is 23.3. The zero-order valence-electron chi connectivity index (χ0n) is 13.2. The summed E-state index contributed by atoms with van der Waals surface area (Å²) in [5.74, 6) is -0.362. The highest BCUT2D eigenvalue weighted by atomic mass is 19.1. The van der Waals surface area contributed by atoms with Gasteiger partial charge in [0.2, 0.25) is 0 Å². The number of carbonyl (C=O) groups excluding carboxylic acids is 1. The Labute approximate surface area is 139 Å². The van der Waals surface area contributed by atoms with E-state index < -0.39 is 0 Å². The second kappa shape index (κ2) is 5.67. The number of aryl methyl sites for hydroxylation is 1. The van der Waals surface area contributed by atoms with Gasteiger partial charge in [0.15, 0.2) is 0 Å². The molecule has 120 valence electrons. The molecule has 1 aliphatic heterocycles. The maximum absolute atomic E-state index is 13.5. The number of fused-ring (bicyclic) bond motifs is 2. The number of aromatic nitrogens is 2. The third kappa shape index (κ3) is 2.42. The van der Waals surface area contributed by atoms with Crippen LogP contribution in [-0.4, -0.2) is 21.9 Å². The molecule has 0 spiro atoms. The molecule has 2 aromatic carbocycles. The van der Waals surface area contributed by atoms with E-state index >= 15 is 0 Å². The van der Waals surface area contributed by atoms with Gasteiger partial charge < -0.3 is 4.90 Å². The summed E-state index contributed by atoms with van der Waals surface area (Å²) in [5.41, 5.74) is 3.67. The van der Waals surface area contributed by atoms with E-state index in [4.69, 9.17) is 0 Å². The summed E-state index contributed by atoms with van der Waals surface area (Å²) >= 11 is 0. The Morgan fingerprint density at radius 1 is 1.12 bits per heavy atom. The molecular weight excluding hydrogens is 305 g/mol. The molecule has 1 aromatic heterocycles. The van der Waals surface area contributed by atoms with Gasteiger partial charge in [-0.3, -0.25) is 14.8 Å². The quantitative estimate of drug-likeness (QED) is 0.686. The van der Waals surface area contributed by atoms with E-state index in [1.807, 2.05) is 6.92 Å². The van der Waals surface area contributed by atoms with Crippen LogP contribution in [0.1, 0.15) is 29.3 Å². The van der Waals surface area contributed by atoms with Crippen molar-refractivity contribution in [2.75, 3.05) is 4.90 Å². The molecule has 1 amide bonds. The largest absolute Gasteiger partial charge is 0.305 e. The molecule has 3 aromatic rings. The number of hydrogen-bond donors (Lipinski definition) is 0. The van der Waals surface area contributed by atoms with Crippen LogP contribution in [-0.2, 0) is 6.42 Å². The molecule has 1 atom stereocenters. The van der Waals surface area contributed by atoms with Crippen molar-refractivity contribution in [3.05, 3.63) is 65.7 Å². The number of anilines is 1. The number of nitrogens with zero attached hydrogens (tertiary/aromatic N) is 3. The molecule has 0 saturated heterocycles. The molecule has 4 nitrogen and oxygen atoms in total. The third-order valence-corrected chi connectivity index (χ3v) is 4.51. The standard InChI is InChI=1S/C19H16FN3O/c1-12-2-3-13-10-15(20)5-7-18(13)23(12)19(24)14-4-6-16-17(11-14)22-9-8-21-16/h4-12H,2-3H2,1H3/t12-/m1/s1. The molecular formula is C19H16FN3O. The van der Waals surface area contributed by atoms with E-state index in [0.29, 0.717) is 11.1 Å². The summed E-state index contributed by atoms with van der Waals surface area (Å²) < 4.78 is 13.5. The predicted octanol–water partition coefficient (Wildman–Crippen LogP) is 3.75. The van der Waals surface area contributed by atoms with Gasteiger partial charge in [0.05, 0.1) is 11.0 Å². The molecule has 0 bridgehead atoms. The first kappa shape index (κ1) is 14.8. The lowest BCUT2D eigenvalue weighted by Gasteiger charge is -2.35. The lowest BCUT2D eigenvalue weighted by atomic mass is 9.95. The topological polar surface area (TPSA) is 46.1 Å². The first-order valence-corrected chi connectivity index (χ1v) is 7.96. The molecule has 2 heterocycles. The Hall–Kier alpha value is -2.82. The Bertz CT molecular complexity index is 941. The van der Waals surface area contributed by atoms with Gasteiger partial charge in [-0.25, -0.2) is 4.39 Å². The van der Waals surface area contributed by atoms with Crippen molar-refractivity contribution in [1.29, 1.82) is 0 Å². The van der Waals surface area contributed by atoms with Gasteiger partial charge in [-0.1, -0.05) is 0 Å². The second-order valence-electron chi connectivity index (χ2n) is 6.10. The van der Waals surface area contributed by atoms with E-state index in [0.717, 1.165) is 29.6 Å². The number of hydrogen-bond acceptors (Lipinski definition) is 3. The Balaban J connectivity index is 1.78. The van der Waals surface area contributed by atoms with E-state index in [2.05, 4.69) is 9.97 Å². The highest BCUT2D eigenvalue weighted by Gasteiger charge is 2.29. The average Bonchev–Trinajstić information content (AvgIpc) is 2.61. The van der Waals surface area contributed by atoms with Crippen LogP contribution in [0.2, 0.25) is 0 Å². The highest BCUT2D eigenvalue weighted by molar-refractivity contribution is 6.08. The monoisotopic (exact) mass is 321 g/mol. The van der Waals surface area contributed by atoms with Crippen molar-refractivity contribution in [3.8, 4) is 0 Å². The van der Waals surface area contributed by atoms with Crippen molar-refractivity contribution in [1.82, 2.24) is 9.97 Å². The van der Waals surface area contributed by atoms with Crippen molar-refractivity contribution in [2.45, 2.75) is 25.8 Å². The van der Waals surface area contributed by atoms with Gasteiger partial charge in [-0.15, -0.1) is 0 Å². The fourth-order valence-corrected chi connectivity index (χ4v) is 3.27. The minimum absolute atomic E-state index is 0.0630. The van der Waals surface area contributed by atoms with Crippen LogP contribution in [0.3, 0.4) is 0 Å². The Morgan fingerprint density at radius 3 is 2.75 bits per heavy atom. The molecule has 0 aliphatic carbocycles. The molecule has 0 radical (unpaired) electrons. The Morgan fingerprint density at radius 2 is 1.92 bits per heavy atom. The number of rotatable bonds is 1. The van der Waals surface area contributed by atoms with E-state index in [1.165, 1.54) is 12.1 Å². The summed E-state index contributed by atoms with van der Waals surface area (Å²) in [7, 11) is 0. The van der Waals surface area contributed by atoms with Gasteiger partial charge >= 0.3 is 0 Å². The maximum Gasteiger partial charge on any atom is 0.258 e. The van der Waals surface area contributed by atoms with Gasteiger partial charge in [0.25, 0.3) is 5.91 Å². The molecule has 4 rings (SSSR count). The molecule has 0 saturated carbocycles. The number of amides is 1. The van der Waals surface area contributed by atoms with E-state index in [1.54, 1.807) is 41.6 Å². The number of carbonyl (C=O) groups is 1. The van der Waals surface area contributed by atoms with Crippen molar-refractivity contribution in [2.24, 2.45) is 0 Å². The van der Waals surface area contributed by atoms with Crippen LogP contribution in [0.25, 0.3) is 11.0 Å². The Kier molecular flexibility index (Phi) is 3.49. The first-order valence-electron chi connectivity index (χ1n) is 7.96. The van der Waals surface area contributed by atoms with Crippen LogP contribution in [0.4, 0.5) is 10.1 Å². The minimum atomic E-state index is -0.267. The summed E-state index contributed by atoms with van der Waals surface area (Å²) in [6.45, 7) is 2.02.